The second kappa shape index (κ2) is 13.0. The molecule has 0 aromatic heterocycles. The van der Waals surface area contributed by atoms with Crippen molar-refractivity contribution >= 4 is 5.97 Å². The van der Waals surface area contributed by atoms with Gasteiger partial charge in [-0.2, -0.15) is 0 Å². The third-order valence-corrected chi connectivity index (χ3v) is 6.15. The van der Waals surface area contributed by atoms with Crippen molar-refractivity contribution in [2.24, 2.45) is 0 Å². The fourth-order valence-corrected chi connectivity index (χ4v) is 3.95. The molecule has 3 rings (SSSR count). The Balaban J connectivity index is 1.58. The second-order valence-corrected chi connectivity index (χ2v) is 8.77. The van der Waals surface area contributed by atoms with E-state index >= 15 is 0 Å². The van der Waals surface area contributed by atoms with Crippen LogP contribution in [0.2, 0.25) is 0 Å². The van der Waals surface area contributed by atoms with E-state index < -0.39 is 6.10 Å². The van der Waals surface area contributed by atoms with E-state index in [2.05, 4.69) is 6.92 Å². The highest BCUT2D eigenvalue weighted by atomic mass is 16.5. The minimum atomic E-state index is -0.748. The normalized spacial score (nSPS) is 12.6. The van der Waals surface area contributed by atoms with Gasteiger partial charge >= 0.3 is 5.97 Å². The maximum atomic E-state index is 11.4. The molecule has 5 nitrogen and oxygen atoms in total. The summed E-state index contributed by atoms with van der Waals surface area (Å²) < 4.78 is 16.9. The first kappa shape index (κ1) is 26.3. The summed E-state index contributed by atoms with van der Waals surface area (Å²) in [7, 11) is 1.41. The summed E-state index contributed by atoms with van der Waals surface area (Å²) in [6, 6.07) is 21.6. The van der Waals surface area contributed by atoms with Gasteiger partial charge < -0.3 is 19.3 Å². The summed E-state index contributed by atoms with van der Waals surface area (Å²) in [5, 5.41) is 11.0. The van der Waals surface area contributed by atoms with Crippen LogP contribution >= 0.6 is 0 Å². The van der Waals surface area contributed by atoms with Gasteiger partial charge in [0.25, 0.3) is 0 Å². The van der Waals surface area contributed by atoms with E-state index in [-0.39, 0.29) is 12.1 Å². The number of ether oxygens (including phenoxy) is 3. The molecule has 0 heterocycles. The Bertz CT molecular complexity index is 1090. The zero-order chi connectivity index (χ0) is 25.2. The average Bonchev–Trinajstić information content (AvgIpc) is 2.88. The smallest absolute Gasteiger partial charge is 0.305 e. The van der Waals surface area contributed by atoms with E-state index in [0.717, 1.165) is 40.0 Å². The number of carbonyl (C=O) groups excluding carboxylic acids is 1. The van der Waals surface area contributed by atoms with Gasteiger partial charge in [-0.05, 0) is 73.2 Å². The van der Waals surface area contributed by atoms with Crippen molar-refractivity contribution in [2.45, 2.75) is 58.7 Å². The van der Waals surface area contributed by atoms with Crippen molar-refractivity contribution in [1.29, 1.82) is 0 Å². The van der Waals surface area contributed by atoms with Crippen LogP contribution in [0.25, 0.3) is 0 Å². The summed E-state index contributed by atoms with van der Waals surface area (Å²) in [5.74, 6) is 1.28. The number of methoxy groups -OCH3 is 1. The summed E-state index contributed by atoms with van der Waals surface area (Å²) in [4.78, 5) is 11.4. The molecule has 1 N–H and O–H groups in total. The van der Waals surface area contributed by atoms with E-state index in [1.165, 1.54) is 7.11 Å². The first-order chi connectivity index (χ1) is 16.9. The number of carbonyl (C=O) groups is 1. The van der Waals surface area contributed by atoms with Crippen molar-refractivity contribution in [2.75, 3.05) is 13.7 Å². The molecule has 2 atom stereocenters. The number of aliphatic hydroxyl groups is 1. The lowest BCUT2D eigenvalue weighted by Gasteiger charge is -2.21. The number of esters is 1. The van der Waals surface area contributed by atoms with Crippen molar-refractivity contribution < 1.29 is 24.1 Å². The maximum absolute atomic E-state index is 11.4. The molecule has 0 bridgehead atoms. The Morgan fingerprint density at radius 3 is 2.49 bits per heavy atom. The van der Waals surface area contributed by atoms with Gasteiger partial charge in [0.1, 0.15) is 17.6 Å². The fourth-order valence-electron chi connectivity index (χ4n) is 3.95. The molecule has 5 heteroatoms. The minimum absolute atomic E-state index is 0.0929. The van der Waals surface area contributed by atoms with Crippen LogP contribution in [0.4, 0.5) is 0 Å². The molecule has 0 saturated heterocycles. The van der Waals surface area contributed by atoms with E-state index in [1.807, 2.05) is 80.6 Å². The molecule has 0 spiro atoms. The molecule has 0 aliphatic carbocycles. The van der Waals surface area contributed by atoms with Crippen LogP contribution in [-0.2, 0) is 22.4 Å². The molecule has 0 aliphatic rings. The molecule has 0 amide bonds. The van der Waals surface area contributed by atoms with Crippen molar-refractivity contribution in [1.82, 2.24) is 0 Å². The van der Waals surface area contributed by atoms with Crippen LogP contribution in [0.5, 0.6) is 11.5 Å². The van der Waals surface area contributed by atoms with Crippen molar-refractivity contribution in [3.63, 3.8) is 0 Å². The minimum Gasteiger partial charge on any atom is -0.493 e. The molecular weight excluding hydrogens is 440 g/mol. The third kappa shape index (κ3) is 7.59. The summed E-state index contributed by atoms with van der Waals surface area (Å²) in [5.41, 5.74) is 4.97. The second-order valence-electron chi connectivity index (χ2n) is 8.77. The molecule has 0 radical (unpaired) electrons. The fraction of sp³-hybridized carbons (Fsp3) is 0.367. The van der Waals surface area contributed by atoms with Gasteiger partial charge in [-0.15, -0.1) is 0 Å². The zero-order valence-electron chi connectivity index (χ0n) is 21.1. The Hall–Kier alpha value is -3.31. The molecule has 35 heavy (non-hydrogen) atoms. The van der Waals surface area contributed by atoms with Gasteiger partial charge in [0.2, 0.25) is 0 Å². The summed E-state index contributed by atoms with van der Waals surface area (Å²) in [6.07, 6.45) is 1.76. The van der Waals surface area contributed by atoms with Crippen LogP contribution in [0.3, 0.4) is 0 Å². The highest BCUT2D eigenvalue weighted by Crippen LogP contribution is 2.32. The van der Waals surface area contributed by atoms with E-state index in [0.29, 0.717) is 31.6 Å². The van der Waals surface area contributed by atoms with Crippen LogP contribution < -0.4 is 9.47 Å². The number of hydrogen-bond acceptors (Lipinski definition) is 5. The van der Waals surface area contributed by atoms with E-state index in [1.54, 1.807) is 0 Å². The Morgan fingerprint density at radius 2 is 1.80 bits per heavy atom. The van der Waals surface area contributed by atoms with Gasteiger partial charge in [0.15, 0.2) is 0 Å². The third-order valence-electron chi connectivity index (χ3n) is 6.15. The predicted molar refractivity (Wildman–Crippen MR) is 138 cm³/mol. The monoisotopic (exact) mass is 476 g/mol. The van der Waals surface area contributed by atoms with E-state index in [4.69, 9.17) is 14.2 Å². The number of aliphatic hydroxyl groups excluding tert-OH is 1. The molecule has 1 unspecified atom stereocenters. The molecule has 0 aliphatic heterocycles. The average molecular weight is 477 g/mol. The lowest BCUT2D eigenvalue weighted by Crippen LogP contribution is -2.17. The SMILES string of the molecule is CCc1ccc(OC(C)CCOc2ccc(CCC(=O)OC)c(C)c2)c([C@H](O)c2ccccc2)c1. The highest BCUT2D eigenvalue weighted by molar-refractivity contribution is 5.69. The van der Waals surface area contributed by atoms with E-state index in [9.17, 15) is 9.90 Å². The number of hydrogen-bond donors (Lipinski definition) is 1. The summed E-state index contributed by atoms with van der Waals surface area (Å²) in [6.45, 7) is 6.63. The quantitative estimate of drug-likeness (QED) is 0.326. The van der Waals surface area contributed by atoms with Crippen molar-refractivity contribution in [3.8, 4) is 11.5 Å². The Kier molecular flexibility index (Phi) is 9.74. The molecule has 3 aromatic rings. The lowest BCUT2D eigenvalue weighted by molar-refractivity contribution is -0.140. The standard InChI is InChI=1S/C30H36O5/c1-5-23-11-15-28(27(20-23)30(32)25-9-7-6-8-10-25)35-22(3)17-18-34-26-14-12-24(21(2)19-26)13-16-29(31)33-4/h6-12,14-15,19-20,22,30,32H,5,13,16-18H2,1-4H3/t22?,30-/m1/s1. The topological polar surface area (TPSA) is 65.0 Å². The first-order valence-electron chi connectivity index (χ1n) is 12.2. The largest absolute Gasteiger partial charge is 0.493 e. The van der Waals surface area contributed by atoms with Crippen LogP contribution in [-0.4, -0.2) is 30.9 Å². The number of aryl methyl sites for hydroxylation is 3. The van der Waals surface area contributed by atoms with Crippen LogP contribution in [0.1, 0.15) is 60.6 Å². The summed E-state index contributed by atoms with van der Waals surface area (Å²) >= 11 is 0. The number of benzene rings is 3. The molecule has 0 saturated carbocycles. The maximum Gasteiger partial charge on any atom is 0.305 e. The predicted octanol–water partition coefficient (Wildman–Crippen LogP) is 5.98. The molecule has 0 fully saturated rings. The molecular formula is C30H36O5. The van der Waals surface area contributed by atoms with Crippen LogP contribution in [0.15, 0.2) is 66.7 Å². The molecule has 186 valence electrons. The Labute approximate surface area is 208 Å². The van der Waals surface area contributed by atoms with Crippen LogP contribution in [0, 0.1) is 6.92 Å². The first-order valence-corrected chi connectivity index (χ1v) is 12.2. The van der Waals surface area contributed by atoms with Gasteiger partial charge in [0.05, 0.1) is 19.8 Å². The zero-order valence-corrected chi connectivity index (χ0v) is 21.1. The Morgan fingerprint density at radius 1 is 1.03 bits per heavy atom. The number of rotatable bonds is 12. The lowest BCUT2D eigenvalue weighted by atomic mass is 9.98. The van der Waals surface area contributed by atoms with Gasteiger partial charge in [-0.25, -0.2) is 0 Å². The highest BCUT2D eigenvalue weighted by Gasteiger charge is 2.18. The van der Waals surface area contributed by atoms with Crippen molar-refractivity contribution in [3.05, 3.63) is 94.5 Å². The van der Waals surface area contributed by atoms with Gasteiger partial charge in [-0.3, -0.25) is 4.79 Å². The van der Waals surface area contributed by atoms with Gasteiger partial charge in [-0.1, -0.05) is 49.4 Å². The van der Waals surface area contributed by atoms with Gasteiger partial charge in [0, 0.05) is 18.4 Å². The molecule has 3 aromatic carbocycles.